The summed E-state index contributed by atoms with van der Waals surface area (Å²) in [5.74, 6) is -0.571. The molecule has 37 heavy (non-hydrogen) atoms. The number of pyridine rings is 1. The number of nitrogens with zero attached hydrogens (tertiary/aromatic N) is 4. The third-order valence-electron chi connectivity index (χ3n) is 6.27. The quantitative estimate of drug-likeness (QED) is 0.347. The van der Waals surface area contributed by atoms with Gasteiger partial charge in [0.25, 0.3) is 0 Å². The molecule has 1 saturated heterocycles. The van der Waals surface area contributed by atoms with E-state index in [2.05, 4.69) is 49.0 Å². The van der Waals surface area contributed by atoms with Crippen LogP contribution >= 0.6 is 0 Å². The number of anilines is 4. The van der Waals surface area contributed by atoms with Crippen molar-refractivity contribution in [1.82, 2.24) is 19.9 Å². The summed E-state index contributed by atoms with van der Waals surface area (Å²) in [5.41, 5.74) is 3.42. The van der Waals surface area contributed by atoms with E-state index in [9.17, 15) is 9.59 Å². The van der Waals surface area contributed by atoms with Gasteiger partial charge < -0.3 is 25.4 Å². The summed E-state index contributed by atoms with van der Waals surface area (Å²) in [7, 11) is 2.08. The van der Waals surface area contributed by atoms with E-state index < -0.39 is 5.82 Å². The zero-order valence-electron chi connectivity index (χ0n) is 20.3. The number of amides is 1. The summed E-state index contributed by atoms with van der Waals surface area (Å²) in [6, 6.07) is 13.5. The van der Waals surface area contributed by atoms with Crippen LogP contribution in [0.25, 0.3) is 22.2 Å². The Bertz CT molecular complexity index is 1540. The second kappa shape index (κ2) is 10.2. The molecule has 5 rings (SSSR count). The van der Waals surface area contributed by atoms with E-state index in [1.54, 1.807) is 24.3 Å². The molecule has 10 heteroatoms. The maximum Gasteiger partial charge on any atom is 0.249 e. The number of halogens is 1. The minimum absolute atomic E-state index is 0.183. The Morgan fingerprint density at radius 1 is 1.14 bits per heavy atom. The van der Waals surface area contributed by atoms with E-state index in [1.165, 1.54) is 24.4 Å². The molecule has 3 heterocycles. The van der Waals surface area contributed by atoms with Gasteiger partial charge in [0.05, 0.1) is 17.4 Å². The average molecular weight is 500 g/mol. The van der Waals surface area contributed by atoms with Crippen molar-refractivity contribution in [2.45, 2.75) is 0 Å². The molecule has 0 aliphatic carbocycles. The van der Waals surface area contributed by atoms with Crippen molar-refractivity contribution in [1.29, 1.82) is 0 Å². The van der Waals surface area contributed by atoms with Gasteiger partial charge in [0.1, 0.15) is 11.3 Å². The molecule has 1 amide bonds. The molecule has 1 aliphatic rings. The minimum atomic E-state index is -0.410. The lowest BCUT2D eigenvalue weighted by atomic mass is 10.0. The maximum atomic E-state index is 15.0. The third-order valence-corrected chi connectivity index (χ3v) is 6.27. The average Bonchev–Trinajstić information content (AvgIpc) is 2.90. The van der Waals surface area contributed by atoms with Gasteiger partial charge in [0.15, 0.2) is 0 Å². The SMILES string of the molecule is C=CC(=O)Nc1cccc(-c2cc(=O)[nH]c3cnc(Nc4ccc(N5CCN(C)CC5)cc4F)nc23)c1. The van der Waals surface area contributed by atoms with Gasteiger partial charge in [0, 0.05) is 49.2 Å². The smallest absolute Gasteiger partial charge is 0.249 e. The monoisotopic (exact) mass is 499 g/mol. The van der Waals surface area contributed by atoms with Gasteiger partial charge in [-0.15, -0.1) is 0 Å². The molecule has 3 N–H and O–H groups in total. The fourth-order valence-corrected chi connectivity index (χ4v) is 4.27. The molecule has 2 aromatic carbocycles. The molecule has 2 aromatic heterocycles. The molecule has 0 saturated carbocycles. The number of carbonyl (C=O) groups is 1. The fraction of sp³-hybridized carbons (Fsp3) is 0.185. The normalized spacial score (nSPS) is 13.9. The van der Waals surface area contributed by atoms with Gasteiger partial charge in [-0.05, 0) is 49.0 Å². The first-order valence-corrected chi connectivity index (χ1v) is 11.8. The fourth-order valence-electron chi connectivity index (χ4n) is 4.27. The Hall–Kier alpha value is -4.57. The number of benzene rings is 2. The zero-order valence-corrected chi connectivity index (χ0v) is 20.3. The molecule has 1 fully saturated rings. The number of hydrogen-bond donors (Lipinski definition) is 3. The molecule has 0 radical (unpaired) electrons. The Balaban J connectivity index is 1.46. The molecule has 0 atom stereocenters. The Labute approximate surface area is 212 Å². The lowest BCUT2D eigenvalue weighted by Gasteiger charge is -2.34. The van der Waals surface area contributed by atoms with E-state index >= 15 is 4.39 Å². The van der Waals surface area contributed by atoms with Gasteiger partial charge in [-0.25, -0.2) is 14.4 Å². The lowest BCUT2D eigenvalue weighted by molar-refractivity contribution is -0.111. The van der Waals surface area contributed by atoms with Crippen LogP contribution in [0.15, 0.2) is 72.2 Å². The summed E-state index contributed by atoms with van der Waals surface area (Å²) in [6.45, 7) is 7.01. The molecule has 0 bridgehead atoms. The van der Waals surface area contributed by atoms with Gasteiger partial charge in [-0.2, -0.15) is 0 Å². The molecular formula is C27H26FN7O2. The van der Waals surface area contributed by atoms with Gasteiger partial charge in [-0.3, -0.25) is 9.59 Å². The van der Waals surface area contributed by atoms with Crippen LogP contribution in [0, 0.1) is 5.82 Å². The number of piperazine rings is 1. The summed E-state index contributed by atoms with van der Waals surface area (Å²) >= 11 is 0. The van der Waals surface area contributed by atoms with E-state index in [0.717, 1.165) is 31.9 Å². The van der Waals surface area contributed by atoms with Crippen LogP contribution in [-0.2, 0) is 4.79 Å². The van der Waals surface area contributed by atoms with Crippen molar-refractivity contribution in [3.8, 4) is 11.1 Å². The number of aromatic nitrogens is 3. The van der Waals surface area contributed by atoms with E-state index in [4.69, 9.17) is 0 Å². The predicted octanol–water partition coefficient (Wildman–Crippen LogP) is 3.74. The van der Waals surface area contributed by atoms with Gasteiger partial charge in [0.2, 0.25) is 17.4 Å². The predicted molar refractivity (Wildman–Crippen MR) is 144 cm³/mol. The van der Waals surface area contributed by atoms with Crippen LogP contribution in [0.3, 0.4) is 0 Å². The maximum absolute atomic E-state index is 15.0. The summed E-state index contributed by atoms with van der Waals surface area (Å²) in [6.07, 6.45) is 2.66. The highest BCUT2D eigenvalue weighted by Crippen LogP contribution is 2.29. The van der Waals surface area contributed by atoms with Crippen LogP contribution in [0.4, 0.5) is 27.4 Å². The number of carbonyl (C=O) groups excluding carboxylic acids is 1. The van der Waals surface area contributed by atoms with Crippen LogP contribution in [0.2, 0.25) is 0 Å². The molecular weight excluding hydrogens is 473 g/mol. The number of fused-ring (bicyclic) bond motifs is 1. The van der Waals surface area contributed by atoms with E-state index in [-0.39, 0.29) is 23.1 Å². The lowest BCUT2D eigenvalue weighted by Crippen LogP contribution is -2.44. The van der Waals surface area contributed by atoms with Crippen molar-refractivity contribution < 1.29 is 9.18 Å². The summed E-state index contributed by atoms with van der Waals surface area (Å²) < 4.78 is 15.0. The van der Waals surface area contributed by atoms with Crippen molar-refractivity contribution in [2.24, 2.45) is 0 Å². The number of nitrogens with one attached hydrogen (secondary N) is 3. The second-order valence-corrected chi connectivity index (χ2v) is 8.86. The highest BCUT2D eigenvalue weighted by molar-refractivity contribution is 6.00. The van der Waals surface area contributed by atoms with Crippen molar-refractivity contribution in [3.05, 3.63) is 83.6 Å². The number of likely N-dealkylation sites (N-methyl/N-ethyl adjacent to an activating group) is 1. The Morgan fingerprint density at radius 3 is 2.70 bits per heavy atom. The minimum Gasteiger partial charge on any atom is -0.369 e. The van der Waals surface area contributed by atoms with Crippen LogP contribution < -0.4 is 21.1 Å². The Kier molecular flexibility index (Phi) is 6.65. The molecule has 0 spiro atoms. The van der Waals surface area contributed by atoms with E-state index in [0.29, 0.717) is 27.8 Å². The molecule has 9 nitrogen and oxygen atoms in total. The molecule has 188 valence electrons. The van der Waals surface area contributed by atoms with Gasteiger partial charge >= 0.3 is 0 Å². The highest BCUT2D eigenvalue weighted by atomic mass is 19.1. The topological polar surface area (TPSA) is 106 Å². The number of aromatic amines is 1. The largest absolute Gasteiger partial charge is 0.369 e. The standard InChI is InChI=1S/C27H26FN7O2/c1-3-24(36)30-18-6-4-5-17(13-18)20-15-25(37)31-23-16-29-27(33-26(20)23)32-22-8-7-19(14-21(22)28)35-11-9-34(2)10-12-35/h3-8,13-16H,1,9-12H2,2H3,(H,30,36)(H,31,37)(H,29,32,33). The van der Waals surface area contributed by atoms with Crippen LogP contribution in [0.1, 0.15) is 0 Å². The first-order valence-electron chi connectivity index (χ1n) is 11.8. The number of rotatable bonds is 6. The highest BCUT2D eigenvalue weighted by Gasteiger charge is 2.16. The summed E-state index contributed by atoms with van der Waals surface area (Å²) in [5, 5.41) is 5.67. The first kappa shape index (κ1) is 24.1. The summed E-state index contributed by atoms with van der Waals surface area (Å²) in [4.78, 5) is 40.0. The van der Waals surface area contributed by atoms with Crippen molar-refractivity contribution >= 4 is 40.0 Å². The van der Waals surface area contributed by atoms with E-state index in [1.807, 2.05) is 12.1 Å². The Morgan fingerprint density at radius 2 is 1.95 bits per heavy atom. The third kappa shape index (κ3) is 5.34. The molecule has 1 aliphatic heterocycles. The van der Waals surface area contributed by atoms with Crippen molar-refractivity contribution in [3.63, 3.8) is 0 Å². The second-order valence-electron chi connectivity index (χ2n) is 8.86. The first-order chi connectivity index (χ1) is 17.9. The molecule has 4 aromatic rings. The number of hydrogen-bond acceptors (Lipinski definition) is 7. The van der Waals surface area contributed by atoms with Gasteiger partial charge in [-0.1, -0.05) is 18.7 Å². The van der Waals surface area contributed by atoms with Crippen molar-refractivity contribution in [2.75, 3.05) is 48.8 Å². The zero-order chi connectivity index (χ0) is 25.9. The molecule has 0 unspecified atom stereocenters. The van der Waals surface area contributed by atoms with Crippen LogP contribution in [0.5, 0.6) is 0 Å². The van der Waals surface area contributed by atoms with Crippen LogP contribution in [-0.4, -0.2) is 59.0 Å². The number of H-pyrrole nitrogens is 1.